The lowest BCUT2D eigenvalue weighted by Gasteiger charge is -2.20. The Morgan fingerprint density at radius 1 is 1.20 bits per heavy atom. The average Bonchev–Trinajstić information content (AvgIpc) is 2.99. The molecule has 1 aliphatic carbocycles. The third-order valence-electron chi connectivity index (χ3n) is 4.25. The van der Waals surface area contributed by atoms with Gasteiger partial charge in [0.25, 0.3) is 0 Å². The molecule has 2 nitrogen and oxygen atoms in total. The molecule has 20 heavy (non-hydrogen) atoms. The van der Waals surface area contributed by atoms with E-state index in [1.807, 2.05) is 11.6 Å². The van der Waals surface area contributed by atoms with Crippen molar-refractivity contribution in [2.75, 3.05) is 5.32 Å². The summed E-state index contributed by atoms with van der Waals surface area (Å²) in [4.78, 5) is 4.35. The largest absolute Gasteiger partial charge is 0.382 e. The first-order chi connectivity index (χ1) is 9.53. The van der Waals surface area contributed by atoms with E-state index in [0.717, 1.165) is 10.9 Å². The van der Waals surface area contributed by atoms with Gasteiger partial charge < -0.3 is 5.32 Å². The van der Waals surface area contributed by atoms with E-state index in [2.05, 4.69) is 55.3 Å². The van der Waals surface area contributed by atoms with Gasteiger partial charge in [0.15, 0.2) is 0 Å². The first-order valence-corrected chi connectivity index (χ1v) is 8.18. The van der Waals surface area contributed by atoms with Crippen LogP contribution in [0.4, 0.5) is 5.69 Å². The molecule has 0 radical (unpaired) electrons. The fraction of sp³-hybridized carbons (Fsp3) is 0.471. The summed E-state index contributed by atoms with van der Waals surface area (Å²) in [5.74, 6) is 0.739. The molecule has 1 aromatic carbocycles. The molecule has 106 valence electrons. The molecule has 2 aromatic rings. The summed E-state index contributed by atoms with van der Waals surface area (Å²) < 4.78 is 0. The van der Waals surface area contributed by atoms with Crippen LogP contribution in [-0.2, 0) is 0 Å². The maximum atomic E-state index is 4.35. The number of rotatable bonds is 3. The predicted molar refractivity (Wildman–Crippen MR) is 87.1 cm³/mol. The van der Waals surface area contributed by atoms with Crippen molar-refractivity contribution < 1.29 is 0 Å². The average molecular weight is 286 g/mol. The van der Waals surface area contributed by atoms with Gasteiger partial charge in [-0.1, -0.05) is 20.8 Å². The Bertz CT molecular complexity index is 557. The van der Waals surface area contributed by atoms with Crippen LogP contribution in [-0.4, -0.2) is 11.0 Å². The number of aromatic nitrogens is 1. The molecule has 2 unspecified atom stereocenters. The van der Waals surface area contributed by atoms with Crippen molar-refractivity contribution in [3.8, 4) is 10.6 Å². The van der Waals surface area contributed by atoms with Gasteiger partial charge >= 0.3 is 0 Å². The van der Waals surface area contributed by atoms with Crippen LogP contribution in [0.25, 0.3) is 10.6 Å². The van der Waals surface area contributed by atoms with Gasteiger partial charge in [-0.3, -0.25) is 0 Å². The van der Waals surface area contributed by atoms with Crippen LogP contribution in [0.2, 0.25) is 0 Å². The SMILES string of the molecule is CC1CC(C)(C)CC1Nc1ccc(-c2nccs2)cc1. The third-order valence-corrected chi connectivity index (χ3v) is 5.07. The molecule has 1 N–H and O–H groups in total. The fourth-order valence-corrected chi connectivity index (χ4v) is 4.02. The highest BCUT2D eigenvalue weighted by molar-refractivity contribution is 7.13. The van der Waals surface area contributed by atoms with Gasteiger partial charge in [0.05, 0.1) is 0 Å². The molecule has 0 amide bonds. The van der Waals surface area contributed by atoms with E-state index in [4.69, 9.17) is 0 Å². The van der Waals surface area contributed by atoms with Crippen molar-refractivity contribution in [2.45, 2.75) is 39.7 Å². The Balaban J connectivity index is 1.70. The van der Waals surface area contributed by atoms with Crippen molar-refractivity contribution in [1.29, 1.82) is 0 Å². The highest BCUT2D eigenvalue weighted by Crippen LogP contribution is 2.42. The lowest BCUT2D eigenvalue weighted by molar-refractivity contribution is 0.366. The molecule has 3 heteroatoms. The van der Waals surface area contributed by atoms with E-state index in [0.29, 0.717) is 11.5 Å². The summed E-state index contributed by atoms with van der Waals surface area (Å²) in [7, 11) is 0. The Hall–Kier alpha value is -1.35. The van der Waals surface area contributed by atoms with Crippen molar-refractivity contribution in [3.05, 3.63) is 35.8 Å². The molecule has 2 atom stereocenters. The first-order valence-electron chi connectivity index (χ1n) is 7.30. The molecule has 1 heterocycles. The number of anilines is 1. The third kappa shape index (κ3) is 2.88. The predicted octanol–water partition coefficient (Wildman–Crippen LogP) is 5.05. The van der Waals surface area contributed by atoms with Gasteiger partial charge in [0.2, 0.25) is 0 Å². The summed E-state index contributed by atoms with van der Waals surface area (Å²) in [5.41, 5.74) is 2.89. The Labute approximate surface area is 125 Å². The number of thiazole rings is 1. The quantitative estimate of drug-likeness (QED) is 0.854. The van der Waals surface area contributed by atoms with E-state index < -0.39 is 0 Å². The molecular formula is C17H22N2S. The summed E-state index contributed by atoms with van der Waals surface area (Å²) in [6.45, 7) is 7.10. The van der Waals surface area contributed by atoms with E-state index in [1.165, 1.54) is 24.1 Å². The zero-order valence-corrected chi connectivity index (χ0v) is 13.2. The summed E-state index contributed by atoms with van der Waals surface area (Å²) in [5, 5.41) is 6.81. The van der Waals surface area contributed by atoms with E-state index >= 15 is 0 Å². The van der Waals surface area contributed by atoms with Crippen molar-refractivity contribution in [2.24, 2.45) is 11.3 Å². The smallest absolute Gasteiger partial charge is 0.123 e. The van der Waals surface area contributed by atoms with Gasteiger partial charge in [-0.05, 0) is 48.4 Å². The Morgan fingerprint density at radius 2 is 1.95 bits per heavy atom. The van der Waals surface area contributed by atoms with Crippen LogP contribution in [0.5, 0.6) is 0 Å². The highest BCUT2D eigenvalue weighted by Gasteiger charge is 2.36. The van der Waals surface area contributed by atoms with Crippen LogP contribution >= 0.6 is 11.3 Å². The Morgan fingerprint density at radius 3 is 2.50 bits per heavy atom. The monoisotopic (exact) mass is 286 g/mol. The van der Waals surface area contributed by atoms with Gasteiger partial charge in [0, 0.05) is 28.9 Å². The minimum Gasteiger partial charge on any atom is -0.382 e. The lowest BCUT2D eigenvalue weighted by atomic mass is 9.91. The number of hydrogen-bond acceptors (Lipinski definition) is 3. The minimum atomic E-state index is 0.470. The van der Waals surface area contributed by atoms with Gasteiger partial charge in [-0.15, -0.1) is 11.3 Å². The molecule has 1 aromatic heterocycles. The van der Waals surface area contributed by atoms with Crippen LogP contribution in [0.15, 0.2) is 35.8 Å². The first kappa shape index (κ1) is 13.6. The normalized spacial score (nSPS) is 24.8. The maximum Gasteiger partial charge on any atom is 0.123 e. The topological polar surface area (TPSA) is 24.9 Å². The van der Waals surface area contributed by atoms with Crippen molar-refractivity contribution in [1.82, 2.24) is 4.98 Å². The maximum absolute atomic E-state index is 4.35. The number of benzene rings is 1. The zero-order valence-electron chi connectivity index (χ0n) is 12.4. The molecule has 1 aliphatic rings. The molecule has 0 aliphatic heterocycles. The van der Waals surface area contributed by atoms with Crippen LogP contribution < -0.4 is 5.32 Å². The summed E-state index contributed by atoms with van der Waals surface area (Å²) >= 11 is 1.68. The lowest BCUT2D eigenvalue weighted by Crippen LogP contribution is -2.22. The van der Waals surface area contributed by atoms with Gasteiger partial charge in [-0.25, -0.2) is 4.98 Å². The van der Waals surface area contributed by atoms with E-state index in [1.54, 1.807) is 11.3 Å². The summed E-state index contributed by atoms with van der Waals surface area (Å²) in [6.07, 6.45) is 4.42. The van der Waals surface area contributed by atoms with Crippen LogP contribution in [0, 0.1) is 11.3 Å². The second-order valence-corrected chi connectivity index (χ2v) is 7.61. The molecule has 1 fully saturated rings. The zero-order chi connectivity index (χ0) is 14.2. The fourth-order valence-electron chi connectivity index (χ4n) is 3.38. The molecule has 0 bridgehead atoms. The molecule has 1 saturated carbocycles. The van der Waals surface area contributed by atoms with Gasteiger partial charge in [0.1, 0.15) is 5.01 Å². The number of nitrogens with zero attached hydrogens (tertiary/aromatic N) is 1. The number of hydrogen-bond donors (Lipinski definition) is 1. The summed E-state index contributed by atoms with van der Waals surface area (Å²) in [6, 6.07) is 9.26. The second-order valence-electron chi connectivity index (χ2n) is 6.72. The number of nitrogens with one attached hydrogen (secondary N) is 1. The highest BCUT2D eigenvalue weighted by atomic mass is 32.1. The van der Waals surface area contributed by atoms with Crippen LogP contribution in [0.3, 0.4) is 0 Å². The van der Waals surface area contributed by atoms with Crippen molar-refractivity contribution >= 4 is 17.0 Å². The van der Waals surface area contributed by atoms with E-state index in [-0.39, 0.29) is 0 Å². The standard InChI is InChI=1S/C17H22N2S/c1-12-10-17(2,3)11-15(12)19-14-6-4-13(5-7-14)16-18-8-9-20-16/h4-9,12,15,19H,10-11H2,1-3H3. The molecule has 3 rings (SSSR count). The second kappa shape index (κ2) is 5.21. The van der Waals surface area contributed by atoms with E-state index in [9.17, 15) is 0 Å². The van der Waals surface area contributed by atoms with Gasteiger partial charge in [-0.2, -0.15) is 0 Å². The van der Waals surface area contributed by atoms with Crippen molar-refractivity contribution in [3.63, 3.8) is 0 Å². The minimum absolute atomic E-state index is 0.470. The molecule has 0 saturated heterocycles. The molecule has 0 spiro atoms. The Kier molecular flexibility index (Phi) is 3.55. The molecular weight excluding hydrogens is 264 g/mol. The van der Waals surface area contributed by atoms with Crippen LogP contribution in [0.1, 0.15) is 33.6 Å².